The molecule has 6 nitrogen and oxygen atoms in total. The Hall–Kier alpha value is -3.28. The number of hydrogen-bond acceptors (Lipinski definition) is 6. The number of ether oxygens (including phenoxy) is 2. The molecule has 152 valence electrons. The average Bonchev–Trinajstić information content (AvgIpc) is 2.75. The van der Waals surface area contributed by atoms with Crippen molar-refractivity contribution in [2.75, 3.05) is 31.4 Å². The summed E-state index contributed by atoms with van der Waals surface area (Å²) >= 11 is 0. The minimum Gasteiger partial charge on any atom is -0.493 e. The highest BCUT2D eigenvalue weighted by molar-refractivity contribution is 5.46. The third-order valence-electron chi connectivity index (χ3n) is 4.54. The maximum atomic E-state index is 5.37. The molecule has 0 saturated carbocycles. The molecule has 0 aliphatic carbocycles. The van der Waals surface area contributed by atoms with E-state index in [1.807, 2.05) is 37.3 Å². The zero-order valence-electron chi connectivity index (χ0n) is 17.2. The van der Waals surface area contributed by atoms with Crippen LogP contribution in [-0.4, -0.2) is 30.7 Å². The SMILES string of the molecule is COc1ccc(CNc2cc(C)nc(NCCCc3ccccc3)n2)cc1OC. The number of methoxy groups -OCH3 is 2. The molecule has 6 heteroatoms. The van der Waals surface area contributed by atoms with Crippen molar-refractivity contribution in [3.05, 3.63) is 71.4 Å². The molecule has 1 aromatic heterocycles. The molecular formula is C23H28N4O2. The molecule has 0 aliphatic heterocycles. The van der Waals surface area contributed by atoms with Gasteiger partial charge in [-0.15, -0.1) is 0 Å². The molecule has 2 aromatic carbocycles. The van der Waals surface area contributed by atoms with Crippen LogP contribution in [0.25, 0.3) is 0 Å². The number of benzene rings is 2. The number of aryl methyl sites for hydroxylation is 2. The summed E-state index contributed by atoms with van der Waals surface area (Å²) in [5.74, 6) is 2.87. The second kappa shape index (κ2) is 10.3. The van der Waals surface area contributed by atoms with Gasteiger partial charge in [-0.1, -0.05) is 36.4 Å². The number of hydrogen-bond donors (Lipinski definition) is 2. The van der Waals surface area contributed by atoms with Crippen LogP contribution in [0.4, 0.5) is 11.8 Å². The van der Waals surface area contributed by atoms with E-state index in [-0.39, 0.29) is 0 Å². The van der Waals surface area contributed by atoms with Gasteiger partial charge in [0.15, 0.2) is 11.5 Å². The molecule has 3 rings (SSSR count). The van der Waals surface area contributed by atoms with Crippen LogP contribution in [-0.2, 0) is 13.0 Å². The molecule has 0 spiro atoms. The standard InChI is InChI=1S/C23H28N4O2/c1-17-14-22(25-16-19-11-12-20(28-2)21(15-19)29-3)27-23(26-17)24-13-7-10-18-8-5-4-6-9-18/h4-6,8-9,11-12,14-15H,7,10,13,16H2,1-3H3,(H2,24,25,26,27). The predicted molar refractivity (Wildman–Crippen MR) is 117 cm³/mol. The summed E-state index contributed by atoms with van der Waals surface area (Å²) in [7, 11) is 3.27. The molecule has 0 fully saturated rings. The minimum atomic E-state index is 0.629. The smallest absolute Gasteiger partial charge is 0.224 e. The summed E-state index contributed by atoms with van der Waals surface area (Å²) in [6.45, 7) is 3.43. The summed E-state index contributed by atoms with van der Waals surface area (Å²) in [4.78, 5) is 9.06. The first-order valence-electron chi connectivity index (χ1n) is 9.76. The van der Waals surface area contributed by atoms with Gasteiger partial charge >= 0.3 is 0 Å². The maximum Gasteiger partial charge on any atom is 0.224 e. The summed E-state index contributed by atoms with van der Waals surface area (Å²) in [6.07, 6.45) is 2.06. The van der Waals surface area contributed by atoms with Crippen molar-refractivity contribution in [1.29, 1.82) is 0 Å². The Morgan fingerprint density at radius 1 is 0.828 bits per heavy atom. The lowest BCUT2D eigenvalue weighted by molar-refractivity contribution is 0.354. The first-order chi connectivity index (χ1) is 14.2. The van der Waals surface area contributed by atoms with Gasteiger partial charge in [0.25, 0.3) is 0 Å². The van der Waals surface area contributed by atoms with Crippen molar-refractivity contribution in [2.24, 2.45) is 0 Å². The second-order valence-corrected chi connectivity index (χ2v) is 6.78. The summed E-state index contributed by atoms with van der Waals surface area (Å²) in [5, 5.41) is 6.69. The highest BCUT2D eigenvalue weighted by atomic mass is 16.5. The fourth-order valence-corrected chi connectivity index (χ4v) is 3.06. The number of aromatic nitrogens is 2. The van der Waals surface area contributed by atoms with E-state index in [0.717, 1.165) is 42.2 Å². The fourth-order valence-electron chi connectivity index (χ4n) is 3.06. The van der Waals surface area contributed by atoms with Crippen LogP contribution in [0.1, 0.15) is 23.2 Å². The van der Waals surface area contributed by atoms with Gasteiger partial charge in [-0.3, -0.25) is 0 Å². The fraction of sp³-hybridized carbons (Fsp3) is 0.304. The van der Waals surface area contributed by atoms with Crippen LogP contribution >= 0.6 is 0 Å². The molecule has 0 aliphatic rings. The third kappa shape index (κ3) is 6.10. The number of anilines is 2. The predicted octanol–water partition coefficient (Wildman–Crippen LogP) is 4.46. The molecular weight excluding hydrogens is 364 g/mol. The molecule has 29 heavy (non-hydrogen) atoms. The van der Waals surface area contributed by atoms with Crippen molar-refractivity contribution in [2.45, 2.75) is 26.3 Å². The van der Waals surface area contributed by atoms with Crippen molar-refractivity contribution in [3.63, 3.8) is 0 Å². The summed E-state index contributed by atoms with van der Waals surface area (Å²) in [6, 6.07) is 18.3. The topological polar surface area (TPSA) is 68.3 Å². The van der Waals surface area contributed by atoms with Crippen molar-refractivity contribution in [3.8, 4) is 11.5 Å². The Morgan fingerprint density at radius 3 is 2.38 bits per heavy atom. The largest absolute Gasteiger partial charge is 0.493 e. The highest BCUT2D eigenvalue weighted by Crippen LogP contribution is 2.27. The lowest BCUT2D eigenvalue weighted by atomic mass is 10.1. The van der Waals surface area contributed by atoms with Gasteiger partial charge in [-0.2, -0.15) is 4.98 Å². The van der Waals surface area contributed by atoms with E-state index in [0.29, 0.717) is 18.2 Å². The van der Waals surface area contributed by atoms with Crippen LogP contribution in [0.2, 0.25) is 0 Å². The van der Waals surface area contributed by atoms with E-state index in [4.69, 9.17) is 9.47 Å². The van der Waals surface area contributed by atoms with Crippen molar-refractivity contribution >= 4 is 11.8 Å². The zero-order valence-corrected chi connectivity index (χ0v) is 17.2. The first-order valence-corrected chi connectivity index (χ1v) is 9.76. The van der Waals surface area contributed by atoms with Crippen LogP contribution in [0.3, 0.4) is 0 Å². The normalized spacial score (nSPS) is 10.4. The van der Waals surface area contributed by atoms with E-state index in [9.17, 15) is 0 Å². The monoisotopic (exact) mass is 392 g/mol. The van der Waals surface area contributed by atoms with Gasteiger partial charge in [-0.05, 0) is 43.0 Å². The van der Waals surface area contributed by atoms with E-state index >= 15 is 0 Å². The molecule has 1 heterocycles. The lowest BCUT2D eigenvalue weighted by Crippen LogP contribution is -2.09. The molecule has 3 aromatic rings. The van der Waals surface area contributed by atoms with E-state index in [1.165, 1.54) is 5.56 Å². The van der Waals surface area contributed by atoms with Gasteiger partial charge in [0, 0.05) is 24.8 Å². The number of nitrogens with zero attached hydrogens (tertiary/aromatic N) is 2. The maximum absolute atomic E-state index is 5.37. The average molecular weight is 393 g/mol. The quantitative estimate of drug-likeness (QED) is 0.497. The van der Waals surface area contributed by atoms with Gasteiger partial charge in [-0.25, -0.2) is 4.98 Å². The summed E-state index contributed by atoms with van der Waals surface area (Å²) in [5.41, 5.74) is 3.34. The molecule has 0 unspecified atom stereocenters. The van der Waals surface area contributed by atoms with Crippen LogP contribution < -0.4 is 20.1 Å². The number of rotatable bonds is 10. The van der Waals surface area contributed by atoms with Gasteiger partial charge in [0.1, 0.15) is 5.82 Å². The van der Waals surface area contributed by atoms with Gasteiger partial charge in [0.05, 0.1) is 14.2 Å². The Kier molecular flexibility index (Phi) is 7.28. The Balaban J connectivity index is 1.54. The Morgan fingerprint density at radius 2 is 1.62 bits per heavy atom. The van der Waals surface area contributed by atoms with Crippen molar-refractivity contribution in [1.82, 2.24) is 9.97 Å². The van der Waals surface area contributed by atoms with Crippen LogP contribution in [0.5, 0.6) is 11.5 Å². The van der Waals surface area contributed by atoms with E-state index in [2.05, 4.69) is 44.9 Å². The Bertz CT molecular complexity index is 916. The number of nitrogens with one attached hydrogen (secondary N) is 2. The van der Waals surface area contributed by atoms with Crippen LogP contribution in [0.15, 0.2) is 54.6 Å². The minimum absolute atomic E-state index is 0.629. The zero-order chi connectivity index (χ0) is 20.5. The van der Waals surface area contributed by atoms with Gasteiger partial charge < -0.3 is 20.1 Å². The van der Waals surface area contributed by atoms with Crippen LogP contribution in [0, 0.1) is 6.92 Å². The summed E-state index contributed by atoms with van der Waals surface area (Å²) < 4.78 is 10.7. The Labute approximate surface area is 172 Å². The second-order valence-electron chi connectivity index (χ2n) is 6.78. The third-order valence-corrected chi connectivity index (χ3v) is 4.54. The highest BCUT2D eigenvalue weighted by Gasteiger charge is 2.06. The van der Waals surface area contributed by atoms with Crippen molar-refractivity contribution < 1.29 is 9.47 Å². The van der Waals surface area contributed by atoms with E-state index in [1.54, 1.807) is 14.2 Å². The van der Waals surface area contributed by atoms with Gasteiger partial charge in [0.2, 0.25) is 5.95 Å². The molecule has 0 amide bonds. The molecule has 0 saturated heterocycles. The molecule has 0 atom stereocenters. The molecule has 2 N–H and O–H groups in total. The molecule has 0 bridgehead atoms. The first kappa shape index (κ1) is 20.5. The molecule has 0 radical (unpaired) electrons. The van der Waals surface area contributed by atoms with E-state index < -0.39 is 0 Å². The lowest BCUT2D eigenvalue weighted by Gasteiger charge is -2.12.